The van der Waals surface area contributed by atoms with Crippen LogP contribution in [0.3, 0.4) is 0 Å². The van der Waals surface area contributed by atoms with Crippen LogP contribution in [0, 0.1) is 5.92 Å². The summed E-state index contributed by atoms with van der Waals surface area (Å²) in [5, 5.41) is 14.3. The van der Waals surface area contributed by atoms with Gasteiger partial charge in [-0.25, -0.2) is 4.98 Å². The molecule has 1 heterocycles. The standard InChI is InChI=1S/C10H17N3OS/c11-9-6-13-10(15-9)12-5-7-1-3-8(14)4-2-7/h6-8,14H,1-5,11H2,(H,12,13). The third-order valence-corrected chi connectivity index (χ3v) is 3.67. The van der Waals surface area contributed by atoms with Gasteiger partial charge in [-0.2, -0.15) is 0 Å². The number of hydrogen-bond donors (Lipinski definition) is 3. The number of nitrogens with one attached hydrogen (secondary N) is 1. The van der Waals surface area contributed by atoms with E-state index in [1.807, 2.05) is 0 Å². The van der Waals surface area contributed by atoms with Crippen molar-refractivity contribution in [1.29, 1.82) is 0 Å². The fourth-order valence-electron chi connectivity index (χ4n) is 1.95. The molecule has 0 unspecified atom stereocenters. The minimum atomic E-state index is -0.0724. The third kappa shape index (κ3) is 3.07. The van der Waals surface area contributed by atoms with E-state index < -0.39 is 0 Å². The number of hydrogen-bond acceptors (Lipinski definition) is 5. The molecule has 0 spiro atoms. The van der Waals surface area contributed by atoms with Gasteiger partial charge in [0.25, 0.3) is 0 Å². The monoisotopic (exact) mass is 227 g/mol. The van der Waals surface area contributed by atoms with E-state index in [2.05, 4.69) is 10.3 Å². The summed E-state index contributed by atoms with van der Waals surface area (Å²) in [4.78, 5) is 4.15. The molecule has 84 valence electrons. The summed E-state index contributed by atoms with van der Waals surface area (Å²) in [7, 11) is 0. The van der Waals surface area contributed by atoms with Crippen LogP contribution in [0.5, 0.6) is 0 Å². The molecule has 15 heavy (non-hydrogen) atoms. The molecule has 4 nitrogen and oxygen atoms in total. The van der Waals surface area contributed by atoms with Crippen LogP contribution in [0.2, 0.25) is 0 Å². The van der Waals surface area contributed by atoms with E-state index in [9.17, 15) is 5.11 Å². The van der Waals surface area contributed by atoms with E-state index in [4.69, 9.17) is 5.73 Å². The maximum atomic E-state index is 9.37. The van der Waals surface area contributed by atoms with Gasteiger partial charge in [-0.05, 0) is 31.6 Å². The Balaban J connectivity index is 1.74. The van der Waals surface area contributed by atoms with E-state index in [1.54, 1.807) is 6.20 Å². The number of rotatable bonds is 3. The Morgan fingerprint density at radius 3 is 2.80 bits per heavy atom. The summed E-state index contributed by atoms with van der Waals surface area (Å²) >= 11 is 1.48. The first-order chi connectivity index (χ1) is 7.24. The lowest BCUT2D eigenvalue weighted by atomic mass is 9.87. The molecule has 0 aromatic carbocycles. The summed E-state index contributed by atoms with van der Waals surface area (Å²) in [5.41, 5.74) is 5.59. The van der Waals surface area contributed by atoms with Crippen molar-refractivity contribution in [1.82, 2.24) is 4.98 Å². The first-order valence-corrected chi connectivity index (χ1v) is 6.19. The van der Waals surface area contributed by atoms with Crippen molar-refractivity contribution in [3.8, 4) is 0 Å². The van der Waals surface area contributed by atoms with Crippen molar-refractivity contribution in [3.63, 3.8) is 0 Å². The number of nitrogens with zero attached hydrogens (tertiary/aromatic N) is 1. The van der Waals surface area contributed by atoms with Gasteiger partial charge in [0.1, 0.15) is 5.00 Å². The van der Waals surface area contributed by atoms with Gasteiger partial charge in [0.05, 0.1) is 12.3 Å². The highest BCUT2D eigenvalue weighted by molar-refractivity contribution is 7.19. The van der Waals surface area contributed by atoms with Crippen LogP contribution < -0.4 is 11.1 Å². The van der Waals surface area contributed by atoms with E-state index in [-0.39, 0.29) is 6.10 Å². The van der Waals surface area contributed by atoms with E-state index in [0.29, 0.717) is 5.92 Å². The predicted molar refractivity (Wildman–Crippen MR) is 63.0 cm³/mol. The van der Waals surface area contributed by atoms with Crippen LogP contribution in [0.4, 0.5) is 10.1 Å². The lowest BCUT2D eigenvalue weighted by Gasteiger charge is -2.25. The van der Waals surface area contributed by atoms with Crippen LogP contribution in [0.25, 0.3) is 0 Å². The van der Waals surface area contributed by atoms with Crippen molar-refractivity contribution in [2.24, 2.45) is 5.92 Å². The molecule has 1 aliphatic rings. The average Bonchev–Trinajstić information content (AvgIpc) is 2.64. The maximum Gasteiger partial charge on any atom is 0.184 e. The zero-order chi connectivity index (χ0) is 10.7. The predicted octanol–water partition coefficient (Wildman–Crippen LogP) is 1.69. The minimum Gasteiger partial charge on any atom is -0.393 e. The third-order valence-electron chi connectivity index (χ3n) is 2.88. The molecule has 0 bridgehead atoms. The molecule has 1 aromatic rings. The van der Waals surface area contributed by atoms with Crippen molar-refractivity contribution in [2.75, 3.05) is 17.6 Å². The number of anilines is 2. The molecule has 0 saturated heterocycles. The highest BCUT2D eigenvalue weighted by Crippen LogP contribution is 2.25. The molecule has 0 amide bonds. The lowest BCUT2D eigenvalue weighted by molar-refractivity contribution is 0.111. The van der Waals surface area contributed by atoms with Gasteiger partial charge in [0.2, 0.25) is 0 Å². The zero-order valence-electron chi connectivity index (χ0n) is 8.65. The summed E-state index contributed by atoms with van der Waals surface area (Å²) < 4.78 is 0. The normalized spacial score (nSPS) is 26.5. The fourth-order valence-corrected chi connectivity index (χ4v) is 2.54. The van der Waals surface area contributed by atoms with Gasteiger partial charge in [-0.15, -0.1) is 0 Å². The zero-order valence-corrected chi connectivity index (χ0v) is 9.46. The van der Waals surface area contributed by atoms with Gasteiger partial charge in [0.15, 0.2) is 5.13 Å². The van der Waals surface area contributed by atoms with Crippen molar-refractivity contribution >= 4 is 21.5 Å². The van der Waals surface area contributed by atoms with Gasteiger partial charge >= 0.3 is 0 Å². The topological polar surface area (TPSA) is 71.2 Å². The Hall–Kier alpha value is -0.810. The molecule has 5 heteroatoms. The molecule has 4 N–H and O–H groups in total. The number of aliphatic hydroxyl groups excluding tert-OH is 1. The van der Waals surface area contributed by atoms with Crippen LogP contribution in [-0.4, -0.2) is 22.7 Å². The molecule has 1 aliphatic carbocycles. The minimum absolute atomic E-state index is 0.0724. The van der Waals surface area contributed by atoms with Crippen molar-refractivity contribution < 1.29 is 5.11 Å². The van der Waals surface area contributed by atoms with Crippen molar-refractivity contribution in [2.45, 2.75) is 31.8 Å². The average molecular weight is 227 g/mol. The smallest absolute Gasteiger partial charge is 0.184 e. The second-order valence-corrected chi connectivity index (χ2v) is 5.19. The second kappa shape index (κ2) is 4.81. The molecular weight excluding hydrogens is 210 g/mol. The van der Waals surface area contributed by atoms with Crippen LogP contribution in [0.15, 0.2) is 6.20 Å². The van der Waals surface area contributed by atoms with Crippen LogP contribution in [-0.2, 0) is 0 Å². The van der Waals surface area contributed by atoms with Crippen LogP contribution >= 0.6 is 11.3 Å². The molecule has 0 radical (unpaired) electrons. The van der Waals surface area contributed by atoms with Crippen LogP contribution in [0.1, 0.15) is 25.7 Å². The number of aromatic nitrogens is 1. The Morgan fingerprint density at radius 2 is 2.20 bits per heavy atom. The Bertz CT molecular complexity index is 307. The molecule has 1 aromatic heterocycles. The number of nitrogens with two attached hydrogens (primary N) is 1. The van der Waals surface area contributed by atoms with Gasteiger partial charge in [-0.3, -0.25) is 0 Å². The molecule has 0 aliphatic heterocycles. The number of aliphatic hydroxyl groups is 1. The number of thiazole rings is 1. The lowest BCUT2D eigenvalue weighted by Crippen LogP contribution is -2.23. The van der Waals surface area contributed by atoms with E-state index >= 15 is 0 Å². The SMILES string of the molecule is Nc1cnc(NCC2CCC(O)CC2)s1. The molecule has 1 fully saturated rings. The molecule has 0 atom stereocenters. The summed E-state index contributed by atoms with van der Waals surface area (Å²) in [6.07, 6.45) is 5.69. The summed E-state index contributed by atoms with van der Waals surface area (Å²) in [5.74, 6) is 0.665. The Labute approximate surface area is 93.5 Å². The highest BCUT2D eigenvalue weighted by Gasteiger charge is 2.19. The van der Waals surface area contributed by atoms with Crippen molar-refractivity contribution in [3.05, 3.63) is 6.20 Å². The van der Waals surface area contributed by atoms with E-state index in [1.165, 1.54) is 11.3 Å². The first kappa shape index (κ1) is 10.7. The van der Waals surface area contributed by atoms with Gasteiger partial charge < -0.3 is 16.2 Å². The molecular formula is C10H17N3OS. The highest BCUT2D eigenvalue weighted by atomic mass is 32.1. The second-order valence-electron chi connectivity index (χ2n) is 4.12. The first-order valence-electron chi connectivity index (χ1n) is 5.37. The fraction of sp³-hybridized carbons (Fsp3) is 0.700. The quantitative estimate of drug-likeness (QED) is 0.735. The largest absolute Gasteiger partial charge is 0.393 e. The molecule has 1 saturated carbocycles. The van der Waals surface area contributed by atoms with Gasteiger partial charge in [0, 0.05) is 6.54 Å². The summed E-state index contributed by atoms with van der Waals surface area (Å²) in [6.45, 7) is 0.944. The van der Waals surface area contributed by atoms with E-state index in [0.717, 1.165) is 42.4 Å². The Morgan fingerprint density at radius 1 is 1.47 bits per heavy atom. The number of nitrogen functional groups attached to an aromatic ring is 1. The maximum absolute atomic E-state index is 9.37. The Kier molecular flexibility index (Phi) is 3.43. The van der Waals surface area contributed by atoms with Gasteiger partial charge in [-0.1, -0.05) is 11.3 Å². The molecule has 2 rings (SSSR count). The summed E-state index contributed by atoms with van der Waals surface area (Å²) in [6, 6.07) is 0.